The first-order chi connectivity index (χ1) is 16.8. The Morgan fingerprint density at radius 2 is 1.54 bits per heavy atom. The fraction of sp³-hybridized carbons (Fsp3) is 0.0741. The maximum Gasteiger partial charge on any atom is 0.261 e. The minimum absolute atomic E-state index is 0.0749. The predicted molar refractivity (Wildman–Crippen MR) is 144 cm³/mol. The van der Waals surface area contributed by atoms with Crippen molar-refractivity contribution in [1.82, 2.24) is 0 Å². The Balaban J connectivity index is 1.35. The van der Waals surface area contributed by atoms with Crippen LogP contribution in [0.2, 0.25) is 5.02 Å². The lowest BCUT2D eigenvalue weighted by molar-refractivity contribution is 0.102. The summed E-state index contributed by atoms with van der Waals surface area (Å²) in [5.74, 6) is 0.541. The van der Waals surface area contributed by atoms with E-state index in [2.05, 4.69) is 41.2 Å². The first kappa shape index (κ1) is 24.9. The van der Waals surface area contributed by atoms with Gasteiger partial charge in [-0.15, -0.1) is 11.8 Å². The smallest absolute Gasteiger partial charge is 0.261 e. The average molecular weight is 523 g/mol. The highest BCUT2D eigenvalue weighted by Gasteiger charge is 2.15. The van der Waals surface area contributed by atoms with Crippen LogP contribution in [0, 0.1) is 6.92 Å². The Labute approximate surface area is 214 Å². The van der Waals surface area contributed by atoms with Gasteiger partial charge >= 0.3 is 0 Å². The number of carbonyl (C=O) groups is 1. The molecule has 0 saturated carbocycles. The Kier molecular flexibility index (Phi) is 7.80. The second-order valence-corrected chi connectivity index (χ2v) is 11.1. The lowest BCUT2D eigenvalue weighted by atomic mass is 10.1. The molecule has 4 rings (SSSR count). The van der Waals surface area contributed by atoms with Gasteiger partial charge in [0.15, 0.2) is 0 Å². The zero-order valence-corrected chi connectivity index (χ0v) is 21.3. The summed E-state index contributed by atoms with van der Waals surface area (Å²) < 4.78 is 27.7. The fourth-order valence-corrected chi connectivity index (χ4v) is 5.33. The number of carbonyl (C=O) groups excluding carboxylic acids is 1. The van der Waals surface area contributed by atoms with Gasteiger partial charge in [0.25, 0.3) is 15.9 Å². The molecule has 4 aromatic rings. The number of halogens is 1. The number of aryl methyl sites for hydroxylation is 1. The highest BCUT2D eigenvalue weighted by Crippen LogP contribution is 2.24. The first-order valence-corrected chi connectivity index (χ1v) is 13.6. The molecule has 2 N–H and O–H groups in total. The number of anilines is 2. The van der Waals surface area contributed by atoms with E-state index in [1.165, 1.54) is 28.7 Å². The van der Waals surface area contributed by atoms with Gasteiger partial charge in [-0.3, -0.25) is 9.52 Å². The third kappa shape index (κ3) is 6.88. The lowest BCUT2D eigenvalue weighted by Gasteiger charge is -2.10. The summed E-state index contributed by atoms with van der Waals surface area (Å²) in [5, 5.41) is 3.23. The van der Waals surface area contributed by atoms with Crippen LogP contribution < -0.4 is 10.0 Å². The molecule has 35 heavy (non-hydrogen) atoms. The second-order valence-electron chi connectivity index (χ2n) is 7.89. The average Bonchev–Trinajstić information content (AvgIpc) is 2.84. The summed E-state index contributed by atoms with van der Waals surface area (Å²) in [6, 6.07) is 28.3. The van der Waals surface area contributed by atoms with E-state index in [0.29, 0.717) is 22.0 Å². The molecule has 0 fully saturated rings. The highest BCUT2D eigenvalue weighted by molar-refractivity contribution is 7.98. The van der Waals surface area contributed by atoms with Crippen molar-refractivity contribution in [3.8, 4) is 0 Å². The van der Waals surface area contributed by atoms with Crippen molar-refractivity contribution in [2.75, 3.05) is 10.0 Å². The third-order valence-electron chi connectivity index (χ3n) is 5.14. The van der Waals surface area contributed by atoms with E-state index < -0.39 is 10.0 Å². The van der Waals surface area contributed by atoms with Crippen molar-refractivity contribution in [1.29, 1.82) is 0 Å². The van der Waals surface area contributed by atoms with Crippen molar-refractivity contribution in [3.05, 3.63) is 119 Å². The molecule has 0 spiro atoms. The van der Waals surface area contributed by atoms with Gasteiger partial charge in [0, 0.05) is 26.9 Å². The Hall–Kier alpha value is -3.26. The maximum absolute atomic E-state index is 12.6. The van der Waals surface area contributed by atoms with E-state index in [0.717, 1.165) is 11.3 Å². The van der Waals surface area contributed by atoms with Gasteiger partial charge in [-0.05, 0) is 79.2 Å². The normalized spacial score (nSPS) is 11.1. The molecule has 0 aliphatic heterocycles. The van der Waals surface area contributed by atoms with E-state index in [1.54, 1.807) is 54.2 Å². The van der Waals surface area contributed by atoms with Gasteiger partial charge in [-0.25, -0.2) is 8.42 Å². The van der Waals surface area contributed by atoms with Crippen LogP contribution in [0.15, 0.2) is 107 Å². The van der Waals surface area contributed by atoms with Crippen LogP contribution in [0.5, 0.6) is 0 Å². The van der Waals surface area contributed by atoms with E-state index in [-0.39, 0.29) is 10.8 Å². The number of hydrogen-bond acceptors (Lipinski definition) is 4. The summed E-state index contributed by atoms with van der Waals surface area (Å²) >= 11 is 7.66. The van der Waals surface area contributed by atoms with Gasteiger partial charge in [0.2, 0.25) is 0 Å². The molecular weight excluding hydrogens is 500 g/mol. The molecule has 0 radical (unpaired) electrons. The first-order valence-electron chi connectivity index (χ1n) is 10.8. The van der Waals surface area contributed by atoms with Gasteiger partial charge in [0.1, 0.15) is 0 Å². The second kappa shape index (κ2) is 11.0. The number of amides is 1. The van der Waals surface area contributed by atoms with Crippen molar-refractivity contribution < 1.29 is 13.2 Å². The van der Waals surface area contributed by atoms with Gasteiger partial charge < -0.3 is 5.32 Å². The van der Waals surface area contributed by atoms with Gasteiger partial charge in [-0.1, -0.05) is 47.5 Å². The topological polar surface area (TPSA) is 75.3 Å². The largest absolute Gasteiger partial charge is 0.322 e. The number of nitrogens with one attached hydrogen (secondary N) is 2. The number of sulfonamides is 1. The summed E-state index contributed by atoms with van der Waals surface area (Å²) in [6.07, 6.45) is 0. The van der Waals surface area contributed by atoms with Crippen molar-refractivity contribution in [2.45, 2.75) is 22.5 Å². The molecule has 178 valence electrons. The summed E-state index contributed by atoms with van der Waals surface area (Å²) in [6.45, 7) is 2.06. The van der Waals surface area contributed by atoms with E-state index in [1.807, 2.05) is 12.1 Å². The SMILES string of the molecule is Cc1ccc(SCc2ccc(C(=O)Nc3ccc(S(=O)(=O)Nc4cccc(Cl)c4)cc3)cc2)cc1. The minimum Gasteiger partial charge on any atom is -0.322 e. The molecule has 1 amide bonds. The van der Waals surface area contributed by atoms with Gasteiger partial charge in [-0.2, -0.15) is 0 Å². The molecule has 4 aromatic carbocycles. The van der Waals surface area contributed by atoms with E-state index in [9.17, 15) is 13.2 Å². The van der Waals surface area contributed by atoms with Crippen LogP contribution in [0.25, 0.3) is 0 Å². The van der Waals surface area contributed by atoms with Crippen LogP contribution in [-0.2, 0) is 15.8 Å². The number of benzene rings is 4. The predicted octanol–water partition coefficient (Wildman–Crippen LogP) is 6.99. The van der Waals surface area contributed by atoms with Crippen molar-refractivity contribution in [2.24, 2.45) is 0 Å². The lowest BCUT2D eigenvalue weighted by Crippen LogP contribution is -2.14. The van der Waals surface area contributed by atoms with Crippen molar-refractivity contribution in [3.63, 3.8) is 0 Å². The number of rotatable bonds is 8. The van der Waals surface area contributed by atoms with Crippen LogP contribution >= 0.6 is 23.4 Å². The Bertz CT molecular complexity index is 1420. The van der Waals surface area contributed by atoms with Crippen LogP contribution in [0.4, 0.5) is 11.4 Å². The fourth-order valence-electron chi connectivity index (χ4n) is 3.24. The molecule has 8 heteroatoms. The number of thioether (sulfide) groups is 1. The third-order valence-corrected chi connectivity index (χ3v) is 7.86. The number of hydrogen-bond donors (Lipinski definition) is 2. The van der Waals surface area contributed by atoms with Crippen LogP contribution in [0.3, 0.4) is 0 Å². The summed E-state index contributed by atoms with van der Waals surface area (Å²) in [4.78, 5) is 13.9. The van der Waals surface area contributed by atoms with E-state index >= 15 is 0 Å². The summed E-state index contributed by atoms with van der Waals surface area (Å²) in [7, 11) is -3.78. The molecule has 0 bridgehead atoms. The van der Waals surface area contributed by atoms with Crippen molar-refractivity contribution >= 4 is 50.7 Å². The van der Waals surface area contributed by atoms with Crippen LogP contribution in [0.1, 0.15) is 21.5 Å². The standard InChI is InChI=1S/C27H23ClN2O3S2/c1-19-5-13-25(14-6-19)34-18-20-7-9-21(10-8-20)27(31)29-23-11-15-26(16-12-23)35(32,33)30-24-4-2-3-22(28)17-24/h2-17,30H,18H2,1H3,(H,29,31). The zero-order valence-electron chi connectivity index (χ0n) is 18.9. The molecule has 0 aromatic heterocycles. The molecule has 0 saturated heterocycles. The molecule has 5 nitrogen and oxygen atoms in total. The maximum atomic E-state index is 12.6. The highest BCUT2D eigenvalue weighted by atomic mass is 35.5. The molecule has 0 unspecified atom stereocenters. The zero-order chi connectivity index (χ0) is 24.8. The molecule has 0 aliphatic carbocycles. The van der Waals surface area contributed by atoms with Gasteiger partial charge in [0.05, 0.1) is 10.6 Å². The molecule has 0 atom stereocenters. The van der Waals surface area contributed by atoms with E-state index in [4.69, 9.17) is 11.6 Å². The Morgan fingerprint density at radius 3 is 2.20 bits per heavy atom. The minimum atomic E-state index is -3.78. The Morgan fingerprint density at radius 1 is 0.857 bits per heavy atom. The quantitative estimate of drug-likeness (QED) is 0.244. The van der Waals surface area contributed by atoms with Crippen LogP contribution in [-0.4, -0.2) is 14.3 Å². The molecule has 0 aliphatic rings. The summed E-state index contributed by atoms with van der Waals surface area (Å²) in [5.41, 5.74) is 3.74. The molecular formula is C27H23ClN2O3S2. The molecule has 0 heterocycles. The monoisotopic (exact) mass is 522 g/mol.